The highest BCUT2D eigenvalue weighted by molar-refractivity contribution is 6.32. The van der Waals surface area contributed by atoms with E-state index in [4.69, 9.17) is 16.3 Å². The van der Waals surface area contributed by atoms with E-state index in [2.05, 4.69) is 10.6 Å². The maximum atomic E-state index is 12.2. The van der Waals surface area contributed by atoms with Gasteiger partial charge in [0.05, 0.1) is 11.6 Å². The highest BCUT2D eigenvalue weighted by Gasteiger charge is 2.18. The fourth-order valence-corrected chi connectivity index (χ4v) is 2.17. The molecule has 2 N–H and O–H groups in total. The van der Waals surface area contributed by atoms with Gasteiger partial charge in [0.25, 0.3) is 0 Å². The van der Waals surface area contributed by atoms with E-state index in [9.17, 15) is 9.59 Å². The normalized spacial score (nSPS) is 11.6. The summed E-state index contributed by atoms with van der Waals surface area (Å²) in [6.45, 7) is 5.95. The molecule has 0 bridgehead atoms. The standard InChI is InChI=1S/C16H23ClN2O3/c1-4-6-14(18-11(3)20)16(21)19-12-7-8-15(13(17)10-12)22-9-5-2/h7-8,10,14H,4-6,9H2,1-3H3,(H,18,20)(H,19,21). The number of halogens is 1. The average Bonchev–Trinajstić information content (AvgIpc) is 2.45. The van der Waals surface area contributed by atoms with Crippen LogP contribution in [0.1, 0.15) is 40.0 Å². The number of amides is 2. The Morgan fingerprint density at radius 2 is 2.00 bits per heavy atom. The van der Waals surface area contributed by atoms with Crippen LogP contribution in [0, 0.1) is 0 Å². The predicted octanol–water partition coefficient (Wildman–Crippen LogP) is 3.37. The molecule has 0 spiro atoms. The quantitative estimate of drug-likeness (QED) is 0.769. The molecule has 1 aromatic carbocycles. The summed E-state index contributed by atoms with van der Waals surface area (Å²) in [6, 6.07) is 4.55. The van der Waals surface area contributed by atoms with Gasteiger partial charge < -0.3 is 15.4 Å². The summed E-state index contributed by atoms with van der Waals surface area (Å²) in [5, 5.41) is 5.85. The van der Waals surface area contributed by atoms with Gasteiger partial charge in [-0.25, -0.2) is 0 Å². The van der Waals surface area contributed by atoms with Gasteiger partial charge in [-0.15, -0.1) is 0 Å². The van der Waals surface area contributed by atoms with Crippen molar-refractivity contribution in [3.63, 3.8) is 0 Å². The fraction of sp³-hybridized carbons (Fsp3) is 0.500. The van der Waals surface area contributed by atoms with Crippen molar-refractivity contribution in [1.82, 2.24) is 5.32 Å². The van der Waals surface area contributed by atoms with Gasteiger partial charge in [0, 0.05) is 12.6 Å². The van der Waals surface area contributed by atoms with Crippen molar-refractivity contribution in [2.24, 2.45) is 0 Å². The van der Waals surface area contributed by atoms with E-state index in [0.29, 0.717) is 29.5 Å². The van der Waals surface area contributed by atoms with Crippen molar-refractivity contribution < 1.29 is 14.3 Å². The molecule has 6 heteroatoms. The zero-order valence-electron chi connectivity index (χ0n) is 13.2. The highest BCUT2D eigenvalue weighted by atomic mass is 35.5. The molecule has 0 aliphatic heterocycles. The Balaban J connectivity index is 2.73. The largest absolute Gasteiger partial charge is 0.492 e. The first-order valence-electron chi connectivity index (χ1n) is 7.48. The maximum absolute atomic E-state index is 12.2. The van der Waals surface area contributed by atoms with Gasteiger partial charge in [-0.3, -0.25) is 9.59 Å². The molecule has 122 valence electrons. The van der Waals surface area contributed by atoms with Crippen LogP contribution in [0.15, 0.2) is 18.2 Å². The minimum absolute atomic E-state index is 0.227. The van der Waals surface area contributed by atoms with Crippen LogP contribution in [0.25, 0.3) is 0 Å². The van der Waals surface area contributed by atoms with Crippen molar-refractivity contribution in [3.05, 3.63) is 23.2 Å². The molecule has 0 aliphatic carbocycles. The molecule has 5 nitrogen and oxygen atoms in total. The lowest BCUT2D eigenvalue weighted by Gasteiger charge is -2.17. The summed E-state index contributed by atoms with van der Waals surface area (Å²) in [7, 11) is 0. The second kappa shape index (κ2) is 9.30. The van der Waals surface area contributed by atoms with E-state index >= 15 is 0 Å². The molecule has 0 radical (unpaired) electrons. The number of hydrogen-bond acceptors (Lipinski definition) is 3. The molecule has 1 aromatic rings. The smallest absolute Gasteiger partial charge is 0.246 e. The van der Waals surface area contributed by atoms with Crippen LogP contribution in [0.3, 0.4) is 0 Å². The van der Waals surface area contributed by atoms with Crippen molar-refractivity contribution in [1.29, 1.82) is 0 Å². The number of ether oxygens (including phenoxy) is 1. The minimum Gasteiger partial charge on any atom is -0.492 e. The van der Waals surface area contributed by atoms with Crippen LogP contribution >= 0.6 is 11.6 Å². The zero-order chi connectivity index (χ0) is 16.5. The molecule has 1 atom stereocenters. The van der Waals surface area contributed by atoms with E-state index in [1.54, 1.807) is 18.2 Å². The van der Waals surface area contributed by atoms with E-state index in [-0.39, 0.29) is 11.8 Å². The van der Waals surface area contributed by atoms with Gasteiger partial charge in [0.1, 0.15) is 11.8 Å². The highest BCUT2D eigenvalue weighted by Crippen LogP contribution is 2.27. The summed E-state index contributed by atoms with van der Waals surface area (Å²) in [5.41, 5.74) is 0.574. The summed E-state index contributed by atoms with van der Waals surface area (Å²) in [5.74, 6) is 0.110. The Morgan fingerprint density at radius 1 is 1.27 bits per heavy atom. The van der Waals surface area contributed by atoms with Crippen molar-refractivity contribution in [2.75, 3.05) is 11.9 Å². The lowest BCUT2D eigenvalue weighted by Crippen LogP contribution is -2.42. The molecule has 0 heterocycles. The molecular weight excluding hydrogens is 304 g/mol. The third-order valence-corrected chi connectivity index (χ3v) is 3.23. The first-order valence-corrected chi connectivity index (χ1v) is 7.86. The number of benzene rings is 1. The summed E-state index contributed by atoms with van der Waals surface area (Å²) in [6.07, 6.45) is 2.27. The third-order valence-electron chi connectivity index (χ3n) is 2.93. The monoisotopic (exact) mass is 326 g/mol. The van der Waals surface area contributed by atoms with E-state index < -0.39 is 6.04 Å². The molecule has 0 saturated heterocycles. The topological polar surface area (TPSA) is 67.4 Å². The molecule has 0 aromatic heterocycles. The summed E-state index contributed by atoms with van der Waals surface area (Å²) >= 11 is 6.13. The van der Waals surface area contributed by atoms with Gasteiger partial charge in [-0.2, -0.15) is 0 Å². The first kappa shape index (κ1) is 18.3. The van der Waals surface area contributed by atoms with E-state index in [1.165, 1.54) is 6.92 Å². The lowest BCUT2D eigenvalue weighted by atomic mass is 10.1. The molecule has 22 heavy (non-hydrogen) atoms. The van der Waals surface area contributed by atoms with E-state index in [1.807, 2.05) is 13.8 Å². The van der Waals surface area contributed by atoms with Gasteiger partial charge in [0.15, 0.2) is 0 Å². The lowest BCUT2D eigenvalue weighted by molar-refractivity contribution is -0.125. The third kappa shape index (κ3) is 5.93. The maximum Gasteiger partial charge on any atom is 0.246 e. The molecule has 0 aliphatic rings. The Hall–Kier alpha value is -1.75. The number of hydrogen-bond donors (Lipinski definition) is 2. The second-order valence-electron chi connectivity index (χ2n) is 5.02. The van der Waals surface area contributed by atoms with Crippen LogP contribution in [0.4, 0.5) is 5.69 Å². The number of carbonyl (C=O) groups excluding carboxylic acids is 2. The first-order chi connectivity index (χ1) is 10.5. The van der Waals surface area contributed by atoms with Gasteiger partial charge >= 0.3 is 0 Å². The minimum atomic E-state index is -0.544. The van der Waals surface area contributed by atoms with Crippen LogP contribution in [-0.4, -0.2) is 24.5 Å². The molecule has 2 amide bonds. The van der Waals surface area contributed by atoms with Gasteiger partial charge in [0.2, 0.25) is 11.8 Å². The Bertz CT molecular complexity index is 520. The number of rotatable bonds is 8. The Labute approximate surface area is 136 Å². The van der Waals surface area contributed by atoms with Crippen molar-refractivity contribution in [2.45, 2.75) is 46.1 Å². The average molecular weight is 327 g/mol. The van der Waals surface area contributed by atoms with Crippen molar-refractivity contribution >= 4 is 29.1 Å². The van der Waals surface area contributed by atoms with Crippen LogP contribution in [0.5, 0.6) is 5.75 Å². The number of nitrogens with one attached hydrogen (secondary N) is 2. The molecule has 0 fully saturated rings. The van der Waals surface area contributed by atoms with Crippen molar-refractivity contribution in [3.8, 4) is 5.75 Å². The van der Waals surface area contributed by atoms with Crippen LogP contribution in [-0.2, 0) is 9.59 Å². The molecule has 1 rings (SSSR count). The fourth-order valence-electron chi connectivity index (χ4n) is 1.94. The SMILES string of the molecule is CCCOc1ccc(NC(=O)C(CCC)NC(C)=O)cc1Cl. The molecule has 1 unspecified atom stereocenters. The summed E-state index contributed by atoms with van der Waals surface area (Å²) < 4.78 is 5.48. The Morgan fingerprint density at radius 3 is 2.55 bits per heavy atom. The number of anilines is 1. The summed E-state index contributed by atoms with van der Waals surface area (Å²) in [4.78, 5) is 23.4. The Kier molecular flexibility index (Phi) is 7.74. The molecule has 0 saturated carbocycles. The van der Waals surface area contributed by atoms with Crippen LogP contribution in [0.2, 0.25) is 5.02 Å². The molecular formula is C16H23ClN2O3. The van der Waals surface area contributed by atoms with Gasteiger partial charge in [-0.1, -0.05) is 31.9 Å². The van der Waals surface area contributed by atoms with Gasteiger partial charge in [-0.05, 0) is 31.0 Å². The van der Waals surface area contributed by atoms with E-state index in [0.717, 1.165) is 12.8 Å². The predicted molar refractivity (Wildman–Crippen MR) is 88.4 cm³/mol. The zero-order valence-corrected chi connectivity index (χ0v) is 14.0. The van der Waals surface area contributed by atoms with Crippen LogP contribution < -0.4 is 15.4 Å². The number of carbonyl (C=O) groups is 2. The second-order valence-corrected chi connectivity index (χ2v) is 5.43.